The molecule has 0 saturated carbocycles. The summed E-state index contributed by atoms with van der Waals surface area (Å²) in [5.41, 5.74) is 0.970. The number of benzene rings is 3. The molecule has 0 radical (unpaired) electrons. The number of anilines is 2. The molecule has 0 spiro atoms. The average molecular weight is 525 g/mol. The monoisotopic (exact) mass is 525 g/mol. The van der Waals surface area contributed by atoms with Gasteiger partial charge in [0.15, 0.2) is 0 Å². The van der Waals surface area contributed by atoms with Crippen LogP contribution in [0.1, 0.15) is 22.3 Å². The molecule has 0 heterocycles. The number of ether oxygens (including phenoxy) is 1. The molecule has 0 bridgehead atoms. The number of amides is 3. The minimum Gasteiger partial charge on any atom is -0.428 e. The normalized spacial score (nSPS) is 11.2. The number of alkyl halides is 4. The Kier molecular flexibility index (Phi) is 8.99. The van der Waals surface area contributed by atoms with Crippen molar-refractivity contribution < 1.29 is 40.7 Å². The van der Waals surface area contributed by atoms with Crippen LogP contribution in [0.4, 0.5) is 42.5 Å². The lowest BCUT2D eigenvalue weighted by Gasteiger charge is -2.16. The lowest BCUT2D eigenvalue weighted by atomic mass is 10.1. The molecule has 3 aromatic rings. The van der Waals surface area contributed by atoms with Crippen molar-refractivity contribution in [2.75, 3.05) is 17.2 Å². The first-order valence-electron chi connectivity index (χ1n) is 10.9. The minimum absolute atomic E-state index is 0.324. The molecule has 0 atom stereocenters. The van der Waals surface area contributed by atoms with Crippen molar-refractivity contribution in [2.45, 2.75) is 25.4 Å². The number of carbonyl (C=O) groups is 2. The van der Waals surface area contributed by atoms with E-state index in [2.05, 4.69) is 15.4 Å². The van der Waals surface area contributed by atoms with Crippen LogP contribution in [0.15, 0.2) is 66.7 Å². The summed E-state index contributed by atoms with van der Waals surface area (Å²) in [4.78, 5) is 23.9. The quantitative estimate of drug-likeness (QED) is 0.217. The molecule has 3 aromatic carbocycles. The van der Waals surface area contributed by atoms with Gasteiger partial charge in [-0.25, -0.2) is 13.6 Å². The third-order valence-electron chi connectivity index (χ3n) is 4.96. The topological polar surface area (TPSA) is 79.5 Å². The Balaban J connectivity index is 1.41. The first-order valence-corrected chi connectivity index (χ1v) is 10.9. The van der Waals surface area contributed by atoms with Crippen LogP contribution in [0.5, 0.6) is 5.75 Å². The molecule has 12 heteroatoms. The second kappa shape index (κ2) is 12.2. The zero-order valence-electron chi connectivity index (χ0n) is 19.0. The van der Waals surface area contributed by atoms with Crippen molar-refractivity contribution in [3.8, 4) is 5.75 Å². The predicted octanol–water partition coefficient (Wildman–Crippen LogP) is 6.21. The highest BCUT2D eigenvalue weighted by atomic mass is 19.3. The van der Waals surface area contributed by atoms with Crippen LogP contribution in [0, 0.1) is 11.6 Å². The molecule has 0 fully saturated rings. The zero-order chi connectivity index (χ0) is 27.0. The van der Waals surface area contributed by atoms with E-state index in [4.69, 9.17) is 0 Å². The van der Waals surface area contributed by atoms with Crippen LogP contribution in [-0.4, -0.2) is 31.0 Å². The third-order valence-corrected chi connectivity index (χ3v) is 4.96. The van der Waals surface area contributed by atoms with Crippen LogP contribution < -0.4 is 20.7 Å². The van der Waals surface area contributed by atoms with Crippen LogP contribution >= 0.6 is 0 Å². The Hall–Kier alpha value is -4.22. The highest BCUT2D eigenvalue weighted by molar-refractivity contribution is 6.08. The second-order valence-corrected chi connectivity index (χ2v) is 7.72. The number of hydrogen-bond donors (Lipinski definition) is 3. The lowest BCUT2D eigenvalue weighted by molar-refractivity contribution is -0.253. The largest absolute Gasteiger partial charge is 0.461 e. The van der Waals surface area contributed by atoms with E-state index in [1.165, 1.54) is 24.3 Å². The van der Waals surface area contributed by atoms with Gasteiger partial charge in [-0.2, -0.15) is 17.6 Å². The third kappa shape index (κ3) is 7.89. The standard InChI is InChI=1S/C25H21F6N3O3/c26-19-4-1-5-20(27)21(19)22(35)34-24(36)33-17-10-8-16(9-11-17)32-14-2-3-15-6-12-18(13-7-15)37-25(30,31)23(28)29/h1,4-13,23,32H,2-3,14H2,(H2,33,34,35,36). The molecule has 6 nitrogen and oxygen atoms in total. The van der Waals surface area contributed by atoms with Crippen molar-refractivity contribution in [1.29, 1.82) is 0 Å². The van der Waals surface area contributed by atoms with E-state index < -0.39 is 41.7 Å². The summed E-state index contributed by atoms with van der Waals surface area (Å²) >= 11 is 0. The second-order valence-electron chi connectivity index (χ2n) is 7.72. The Morgan fingerprint density at radius 2 is 1.46 bits per heavy atom. The van der Waals surface area contributed by atoms with E-state index >= 15 is 0 Å². The Bertz CT molecular complexity index is 1200. The van der Waals surface area contributed by atoms with E-state index in [0.29, 0.717) is 30.8 Å². The van der Waals surface area contributed by atoms with E-state index in [-0.39, 0.29) is 5.75 Å². The van der Waals surface area contributed by atoms with Crippen molar-refractivity contribution >= 4 is 23.3 Å². The lowest BCUT2D eigenvalue weighted by Crippen LogP contribution is -2.35. The first kappa shape index (κ1) is 27.4. The molecule has 3 rings (SSSR count). The molecule has 3 N–H and O–H groups in total. The summed E-state index contributed by atoms with van der Waals surface area (Å²) in [7, 11) is 0. The van der Waals surface area contributed by atoms with Gasteiger partial charge >= 0.3 is 18.6 Å². The molecule has 3 amide bonds. The summed E-state index contributed by atoms with van der Waals surface area (Å²) in [6.07, 6.45) is -7.25. The minimum atomic E-state index is -4.56. The first-order chi connectivity index (χ1) is 17.5. The van der Waals surface area contributed by atoms with Gasteiger partial charge in [0, 0.05) is 17.9 Å². The van der Waals surface area contributed by atoms with Crippen LogP contribution in [0.2, 0.25) is 0 Å². The van der Waals surface area contributed by atoms with E-state index in [1.807, 2.05) is 5.32 Å². The Labute approximate surface area is 207 Å². The van der Waals surface area contributed by atoms with Gasteiger partial charge in [0.2, 0.25) is 0 Å². The van der Waals surface area contributed by atoms with Gasteiger partial charge in [-0.05, 0) is 66.9 Å². The summed E-state index contributed by atoms with van der Waals surface area (Å²) < 4.78 is 81.5. The van der Waals surface area contributed by atoms with Gasteiger partial charge in [-0.15, -0.1) is 0 Å². The van der Waals surface area contributed by atoms with E-state index in [9.17, 15) is 35.9 Å². The summed E-state index contributed by atoms with van der Waals surface area (Å²) in [6, 6.07) is 13.7. The number of imide groups is 1. The van der Waals surface area contributed by atoms with Gasteiger partial charge in [-0.1, -0.05) is 18.2 Å². The Morgan fingerprint density at radius 3 is 2.05 bits per heavy atom. The summed E-state index contributed by atoms with van der Waals surface area (Å²) in [5.74, 6) is -3.78. The highest BCUT2D eigenvalue weighted by Crippen LogP contribution is 2.27. The van der Waals surface area contributed by atoms with Gasteiger partial charge in [0.05, 0.1) is 0 Å². The van der Waals surface area contributed by atoms with Gasteiger partial charge in [0.1, 0.15) is 22.9 Å². The van der Waals surface area contributed by atoms with Crippen molar-refractivity contribution in [2.24, 2.45) is 0 Å². The number of carbonyl (C=O) groups excluding carboxylic acids is 2. The molecule has 0 aliphatic heterocycles. The summed E-state index contributed by atoms with van der Waals surface area (Å²) in [5, 5.41) is 7.38. The fourth-order valence-corrected chi connectivity index (χ4v) is 3.17. The van der Waals surface area contributed by atoms with Crippen molar-refractivity contribution in [3.63, 3.8) is 0 Å². The molecule has 0 aliphatic rings. The maximum absolute atomic E-state index is 13.6. The predicted molar refractivity (Wildman–Crippen MR) is 124 cm³/mol. The number of nitrogens with one attached hydrogen (secondary N) is 3. The SMILES string of the molecule is O=C(NC(=O)c1c(F)cccc1F)Nc1ccc(NCCCc2ccc(OC(F)(F)C(F)F)cc2)cc1. The van der Waals surface area contributed by atoms with Crippen LogP contribution in [0.3, 0.4) is 0 Å². The molecule has 0 aliphatic carbocycles. The fourth-order valence-electron chi connectivity index (χ4n) is 3.17. The smallest absolute Gasteiger partial charge is 0.428 e. The van der Waals surface area contributed by atoms with Gasteiger partial charge < -0.3 is 15.4 Å². The average Bonchev–Trinajstić information content (AvgIpc) is 2.83. The molecular formula is C25H21F6N3O3. The van der Waals surface area contributed by atoms with Crippen LogP contribution in [0.25, 0.3) is 0 Å². The molecule has 0 aromatic heterocycles. The molecule has 0 saturated heterocycles. The summed E-state index contributed by atoms with van der Waals surface area (Å²) in [6.45, 7) is 0.539. The number of rotatable bonds is 10. The maximum Gasteiger partial charge on any atom is 0.461 e. The van der Waals surface area contributed by atoms with Crippen molar-refractivity contribution in [3.05, 3.63) is 89.5 Å². The zero-order valence-corrected chi connectivity index (χ0v) is 19.0. The van der Waals surface area contributed by atoms with E-state index in [0.717, 1.165) is 23.8 Å². The molecule has 196 valence electrons. The number of aryl methyl sites for hydroxylation is 1. The highest BCUT2D eigenvalue weighted by Gasteiger charge is 2.43. The molecule has 37 heavy (non-hydrogen) atoms. The maximum atomic E-state index is 13.6. The van der Waals surface area contributed by atoms with Crippen LogP contribution in [-0.2, 0) is 6.42 Å². The fraction of sp³-hybridized carbons (Fsp3) is 0.200. The van der Waals surface area contributed by atoms with Gasteiger partial charge in [-0.3, -0.25) is 10.1 Å². The molecule has 0 unspecified atom stereocenters. The number of hydrogen-bond acceptors (Lipinski definition) is 4. The number of urea groups is 1. The molecular weight excluding hydrogens is 504 g/mol. The number of halogens is 6. The van der Waals surface area contributed by atoms with Gasteiger partial charge in [0.25, 0.3) is 5.91 Å². The van der Waals surface area contributed by atoms with E-state index in [1.54, 1.807) is 24.3 Å². The Morgan fingerprint density at radius 1 is 0.865 bits per heavy atom. The van der Waals surface area contributed by atoms with Crippen molar-refractivity contribution in [1.82, 2.24) is 5.32 Å².